The molecule has 5 heteroatoms. The third-order valence-corrected chi connectivity index (χ3v) is 4.64. The van der Waals surface area contributed by atoms with Crippen LogP contribution in [-0.4, -0.2) is 15.7 Å². The Morgan fingerprint density at radius 3 is 2.75 bits per heavy atom. The highest BCUT2D eigenvalue weighted by atomic mass is 79.9. The van der Waals surface area contributed by atoms with E-state index in [1.54, 1.807) is 0 Å². The van der Waals surface area contributed by atoms with Crippen LogP contribution in [0.3, 0.4) is 0 Å². The van der Waals surface area contributed by atoms with Gasteiger partial charge in [0.1, 0.15) is 0 Å². The molecule has 0 unspecified atom stereocenters. The molecule has 1 heterocycles. The molecule has 1 aliphatic rings. The van der Waals surface area contributed by atoms with Gasteiger partial charge in [0.2, 0.25) is 11.8 Å². The zero-order chi connectivity index (χ0) is 14.0. The van der Waals surface area contributed by atoms with Gasteiger partial charge in [-0.1, -0.05) is 25.0 Å². The van der Waals surface area contributed by atoms with Crippen LogP contribution in [0.4, 0.5) is 0 Å². The van der Waals surface area contributed by atoms with Crippen LogP contribution in [0.5, 0.6) is 0 Å². The molecule has 1 aromatic heterocycles. The lowest BCUT2D eigenvalue weighted by Gasteiger charge is -2.24. The quantitative estimate of drug-likeness (QED) is 0.919. The summed E-state index contributed by atoms with van der Waals surface area (Å²) in [4.78, 5) is 0. The molecule has 0 atom stereocenters. The molecule has 1 aliphatic carbocycles. The lowest BCUT2D eigenvalue weighted by Crippen LogP contribution is -2.38. The van der Waals surface area contributed by atoms with Gasteiger partial charge in [0, 0.05) is 10.0 Å². The fourth-order valence-corrected chi connectivity index (χ4v) is 3.14. The topological polar surface area (TPSA) is 51.0 Å². The largest absolute Gasteiger partial charge is 0.419 e. The second-order valence-electron chi connectivity index (χ2n) is 5.60. The van der Waals surface area contributed by atoms with Crippen molar-refractivity contribution in [1.82, 2.24) is 15.5 Å². The maximum atomic E-state index is 5.74. The molecular weight excluding hydrogens is 318 g/mol. The summed E-state index contributed by atoms with van der Waals surface area (Å²) in [5.41, 5.74) is 1.15. The summed E-state index contributed by atoms with van der Waals surface area (Å²) in [6.07, 6.45) is 5.04. The molecule has 1 saturated carbocycles. The molecule has 0 aliphatic heterocycles. The summed E-state index contributed by atoms with van der Waals surface area (Å²) in [7, 11) is 0. The SMILES string of the molecule is CC1(NCc2nnc(-c3ccccc3Br)o2)CCCC1. The van der Waals surface area contributed by atoms with Crippen molar-refractivity contribution < 1.29 is 4.42 Å². The Hall–Kier alpha value is -1.20. The Kier molecular flexibility index (Phi) is 3.89. The van der Waals surface area contributed by atoms with Crippen molar-refractivity contribution in [2.24, 2.45) is 0 Å². The third kappa shape index (κ3) is 2.94. The highest BCUT2D eigenvalue weighted by molar-refractivity contribution is 9.10. The van der Waals surface area contributed by atoms with Crippen LogP contribution in [0.1, 0.15) is 38.5 Å². The maximum Gasteiger partial charge on any atom is 0.248 e. The smallest absolute Gasteiger partial charge is 0.248 e. The second-order valence-corrected chi connectivity index (χ2v) is 6.46. The van der Waals surface area contributed by atoms with E-state index < -0.39 is 0 Å². The Labute approximate surface area is 127 Å². The number of aromatic nitrogens is 2. The zero-order valence-corrected chi connectivity index (χ0v) is 13.1. The van der Waals surface area contributed by atoms with Crippen molar-refractivity contribution in [2.75, 3.05) is 0 Å². The average molecular weight is 336 g/mol. The van der Waals surface area contributed by atoms with Gasteiger partial charge in [-0.05, 0) is 47.8 Å². The molecule has 0 radical (unpaired) electrons. The lowest BCUT2D eigenvalue weighted by molar-refractivity contribution is 0.338. The first-order valence-electron chi connectivity index (χ1n) is 6.99. The molecular formula is C15H18BrN3O. The first kappa shape index (κ1) is 13.8. The van der Waals surface area contributed by atoms with E-state index in [9.17, 15) is 0 Å². The lowest BCUT2D eigenvalue weighted by atomic mass is 10.0. The highest BCUT2D eigenvalue weighted by Gasteiger charge is 2.28. The Balaban J connectivity index is 1.70. The minimum absolute atomic E-state index is 0.224. The molecule has 1 aromatic carbocycles. The molecule has 2 aromatic rings. The van der Waals surface area contributed by atoms with Gasteiger partial charge >= 0.3 is 0 Å². The number of rotatable bonds is 4. The molecule has 20 heavy (non-hydrogen) atoms. The van der Waals surface area contributed by atoms with Gasteiger partial charge in [0.05, 0.1) is 12.1 Å². The van der Waals surface area contributed by atoms with Crippen LogP contribution in [0.2, 0.25) is 0 Å². The van der Waals surface area contributed by atoms with Gasteiger partial charge in [0.15, 0.2) is 0 Å². The molecule has 1 N–H and O–H groups in total. The summed E-state index contributed by atoms with van der Waals surface area (Å²) >= 11 is 3.50. The number of hydrogen-bond acceptors (Lipinski definition) is 4. The van der Waals surface area contributed by atoms with Crippen molar-refractivity contribution >= 4 is 15.9 Å². The number of halogens is 1. The maximum absolute atomic E-state index is 5.74. The van der Waals surface area contributed by atoms with E-state index >= 15 is 0 Å². The van der Waals surface area contributed by atoms with Crippen molar-refractivity contribution in [3.05, 3.63) is 34.6 Å². The molecule has 0 spiro atoms. The van der Waals surface area contributed by atoms with Crippen LogP contribution in [0.15, 0.2) is 33.2 Å². The van der Waals surface area contributed by atoms with Crippen molar-refractivity contribution in [3.63, 3.8) is 0 Å². The Bertz CT molecular complexity index is 590. The van der Waals surface area contributed by atoms with E-state index in [2.05, 4.69) is 38.4 Å². The number of nitrogens with zero attached hydrogens (tertiary/aromatic N) is 2. The number of hydrogen-bond donors (Lipinski definition) is 1. The first-order chi connectivity index (χ1) is 9.66. The van der Waals surface area contributed by atoms with Gasteiger partial charge in [-0.15, -0.1) is 10.2 Å². The van der Waals surface area contributed by atoms with E-state index in [0.717, 1.165) is 10.0 Å². The van der Waals surface area contributed by atoms with Crippen molar-refractivity contribution in [2.45, 2.75) is 44.7 Å². The van der Waals surface area contributed by atoms with Crippen LogP contribution in [-0.2, 0) is 6.54 Å². The zero-order valence-electron chi connectivity index (χ0n) is 11.5. The summed E-state index contributed by atoms with van der Waals surface area (Å²) in [6.45, 7) is 2.90. The third-order valence-electron chi connectivity index (χ3n) is 3.94. The summed E-state index contributed by atoms with van der Waals surface area (Å²) in [6, 6.07) is 7.86. The van der Waals surface area contributed by atoms with Gasteiger partial charge in [-0.25, -0.2) is 0 Å². The normalized spacial score (nSPS) is 17.5. The fraction of sp³-hybridized carbons (Fsp3) is 0.467. The van der Waals surface area contributed by atoms with Crippen LogP contribution in [0, 0.1) is 0 Å². The van der Waals surface area contributed by atoms with Crippen molar-refractivity contribution in [1.29, 1.82) is 0 Å². The predicted octanol–water partition coefficient (Wildman–Crippen LogP) is 3.92. The van der Waals surface area contributed by atoms with E-state index in [-0.39, 0.29) is 5.54 Å². The first-order valence-corrected chi connectivity index (χ1v) is 7.78. The van der Waals surface area contributed by atoms with Gasteiger partial charge in [0.25, 0.3) is 0 Å². The Morgan fingerprint density at radius 2 is 2.00 bits per heavy atom. The van der Waals surface area contributed by atoms with E-state index in [0.29, 0.717) is 18.3 Å². The standard InChI is InChI=1S/C15H18BrN3O/c1-15(8-4-5-9-15)17-10-13-18-19-14(20-13)11-6-2-3-7-12(11)16/h2-3,6-7,17H,4-5,8-10H2,1H3. The Morgan fingerprint density at radius 1 is 1.25 bits per heavy atom. The van der Waals surface area contributed by atoms with E-state index in [1.165, 1.54) is 25.7 Å². The monoisotopic (exact) mass is 335 g/mol. The molecule has 1 fully saturated rings. The molecule has 0 amide bonds. The van der Waals surface area contributed by atoms with Crippen LogP contribution in [0.25, 0.3) is 11.5 Å². The molecule has 0 bridgehead atoms. The minimum atomic E-state index is 0.224. The van der Waals surface area contributed by atoms with E-state index in [4.69, 9.17) is 4.42 Å². The van der Waals surface area contributed by atoms with Gasteiger partial charge < -0.3 is 9.73 Å². The van der Waals surface area contributed by atoms with Gasteiger partial charge in [-0.3, -0.25) is 0 Å². The van der Waals surface area contributed by atoms with Crippen LogP contribution < -0.4 is 5.32 Å². The summed E-state index contributed by atoms with van der Waals surface area (Å²) in [5, 5.41) is 11.8. The fourth-order valence-electron chi connectivity index (χ4n) is 2.69. The molecule has 106 valence electrons. The molecule has 0 saturated heterocycles. The minimum Gasteiger partial charge on any atom is -0.419 e. The summed E-state index contributed by atoms with van der Waals surface area (Å²) in [5.74, 6) is 1.20. The van der Waals surface area contributed by atoms with E-state index in [1.807, 2.05) is 24.3 Å². The number of benzene rings is 1. The summed E-state index contributed by atoms with van der Waals surface area (Å²) < 4.78 is 6.70. The number of nitrogens with one attached hydrogen (secondary N) is 1. The van der Waals surface area contributed by atoms with Crippen molar-refractivity contribution in [3.8, 4) is 11.5 Å². The highest BCUT2D eigenvalue weighted by Crippen LogP contribution is 2.30. The van der Waals surface area contributed by atoms with Gasteiger partial charge in [-0.2, -0.15) is 0 Å². The second kappa shape index (κ2) is 5.66. The molecule has 3 rings (SSSR count). The van der Waals surface area contributed by atoms with Crippen LogP contribution >= 0.6 is 15.9 Å². The predicted molar refractivity (Wildman–Crippen MR) is 81.1 cm³/mol. The average Bonchev–Trinajstić information content (AvgIpc) is 3.07. The molecule has 4 nitrogen and oxygen atoms in total.